The summed E-state index contributed by atoms with van der Waals surface area (Å²) in [5.41, 5.74) is 30.9. The lowest BCUT2D eigenvalue weighted by atomic mass is 10.0. The van der Waals surface area contributed by atoms with Crippen molar-refractivity contribution in [2.75, 3.05) is 0 Å². The van der Waals surface area contributed by atoms with E-state index in [0.717, 1.165) is 60.7 Å². The molecule has 0 unspecified atom stereocenters. The summed E-state index contributed by atoms with van der Waals surface area (Å²) >= 11 is 0. The van der Waals surface area contributed by atoms with Crippen molar-refractivity contribution >= 4 is 197 Å². The summed E-state index contributed by atoms with van der Waals surface area (Å²) in [4.78, 5) is 14.5. The van der Waals surface area contributed by atoms with Crippen molar-refractivity contribution in [2.45, 2.75) is 0 Å². The van der Waals surface area contributed by atoms with Gasteiger partial charge in [0, 0.05) is 154 Å². The maximum Gasteiger partial charge on any atom is 0.188 e. The number of hydrogen-bond donors (Lipinski definition) is 0. The van der Waals surface area contributed by atoms with E-state index in [1.54, 1.807) is 0 Å². The van der Waals surface area contributed by atoms with Gasteiger partial charge in [0.2, 0.25) is 0 Å². The first-order chi connectivity index (χ1) is 63.0. The van der Waals surface area contributed by atoms with Gasteiger partial charge in [-0.2, -0.15) is 0 Å². The fourth-order valence-corrected chi connectivity index (χ4v) is 20.1. The maximum absolute atomic E-state index is 7.43. The Balaban J connectivity index is 0.0000000980. The molecule has 8 aromatic heterocycles. The molecular formula is C116H76N12. The molecule has 12 heteroatoms. The Bertz CT molecular complexity index is 9170. The fraction of sp³-hybridized carbons (Fsp3) is 0.0345. The molecule has 0 atom stereocenters. The van der Waals surface area contributed by atoms with E-state index in [1.807, 2.05) is 72.8 Å². The third-order valence-corrected chi connectivity index (χ3v) is 26.2. The third-order valence-electron chi connectivity index (χ3n) is 26.2. The SMILES string of the molecule is [C-]#[N+]c1ccc2c(c1)c1cc(-c3ccc4c(c3)c3ccccc3n4-c3ccccc3)ccc1n2C.[C-]#[N+]c1ccc2c(c1)c1cc(-c3cccc(-n4c5ccccc5c5ccccc54)c3)ccc1n2C.[C-]#[N+]c1ccc2c(c1)c1cc(-n3c4ccccc4c4ccccc43)ccc1n2C.[C-]#[N+]c1ccc2c(c1)c1ccc(-n3c4ccccc4c4ccccc43)cc1n2C. The van der Waals surface area contributed by atoms with Gasteiger partial charge < -0.3 is 36.5 Å². The number of para-hydroxylation sites is 8. The van der Waals surface area contributed by atoms with E-state index in [2.05, 4.69) is 400 Å². The van der Waals surface area contributed by atoms with Crippen LogP contribution >= 0.6 is 0 Å². The minimum atomic E-state index is 0.670. The van der Waals surface area contributed by atoms with E-state index < -0.39 is 0 Å². The number of fused-ring (bicyclic) bond motifs is 24. The molecular weight excluding hydrogens is 1560 g/mol. The number of rotatable bonds is 6. The Morgan fingerprint density at radius 1 is 0.148 bits per heavy atom. The van der Waals surface area contributed by atoms with Crippen molar-refractivity contribution in [1.29, 1.82) is 0 Å². The number of aryl methyl sites for hydroxylation is 4. The molecule has 0 aliphatic rings. The van der Waals surface area contributed by atoms with Crippen molar-refractivity contribution < 1.29 is 0 Å². The van der Waals surface area contributed by atoms with Gasteiger partial charge in [-0.15, -0.1) is 0 Å². The van der Waals surface area contributed by atoms with Crippen molar-refractivity contribution in [2.24, 2.45) is 28.2 Å². The van der Waals surface area contributed by atoms with Crippen LogP contribution in [0.4, 0.5) is 22.7 Å². The highest BCUT2D eigenvalue weighted by Gasteiger charge is 2.22. The van der Waals surface area contributed by atoms with Crippen LogP contribution < -0.4 is 0 Å². The van der Waals surface area contributed by atoms with Gasteiger partial charge in [-0.3, -0.25) is 0 Å². The van der Waals surface area contributed by atoms with Crippen LogP contribution in [0.1, 0.15) is 0 Å². The molecule has 0 saturated heterocycles. The average molecular weight is 1640 g/mol. The zero-order chi connectivity index (χ0) is 86.1. The van der Waals surface area contributed by atoms with E-state index in [4.69, 9.17) is 26.3 Å². The Kier molecular flexibility index (Phi) is 17.7. The number of benzene rings is 18. The lowest BCUT2D eigenvalue weighted by Gasteiger charge is -2.10. The quantitative estimate of drug-likeness (QED) is 0.149. The molecule has 0 fully saturated rings. The molecule has 0 aliphatic carbocycles. The summed E-state index contributed by atoms with van der Waals surface area (Å²) in [7, 11) is 8.36. The molecule has 0 bridgehead atoms. The molecule has 0 radical (unpaired) electrons. The highest BCUT2D eigenvalue weighted by molar-refractivity contribution is 6.18. The lowest BCUT2D eigenvalue weighted by molar-refractivity contribution is 1.01. The molecule has 0 N–H and O–H groups in total. The van der Waals surface area contributed by atoms with E-state index in [0.29, 0.717) is 22.7 Å². The van der Waals surface area contributed by atoms with Gasteiger partial charge in [0.1, 0.15) is 0 Å². The van der Waals surface area contributed by atoms with Crippen LogP contribution in [0.2, 0.25) is 0 Å². The van der Waals surface area contributed by atoms with Crippen LogP contribution in [0.5, 0.6) is 0 Å². The summed E-state index contributed by atoms with van der Waals surface area (Å²) in [6, 6.07) is 136. The van der Waals surface area contributed by atoms with E-state index >= 15 is 0 Å². The largest absolute Gasteiger partial charge is 0.344 e. The molecule has 12 nitrogen and oxygen atoms in total. The highest BCUT2D eigenvalue weighted by atomic mass is 15.0. The van der Waals surface area contributed by atoms with Gasteiger partial charge in [-0.25, -0.2) is 19.4 Å². The van der Waals surface area contributed by atoms with Crippen molar-refractivity contribution in [3.63, 3.8) is 0 Å². The summed E-state index contributed by atoms with van der Waals surface area (Å²) in [6.45, 7) is 29.6. The summed E-state index contributed by atoms with van der Waals surface area (Å²) in [5.74, 6) is 0. The average Bonchev–Trinajstić information content (AvgIpc) is 1.57. The second-order valence-corrected chi connectivity index (χ2v) is 32.9. The topological polar surface area (TPSA) is 56.9 Å². The van der Waals surface area contributed by atoms with E-state index in [9.17, 15) is 0 Å². The summed E-state index contributed by atoms with van der Waals surface area (Å²) < 4.78 is 18.2. The third kappa shape index (κ3) is 12.0. The van der Waals surface area contributed by atoms with Gasteiger partial charge in [0.25, 0.3) is 0 Å². The smallest absolute Gasteiger partial charge is 0.188 e. The highest BCUT2D eigenvalue weighted by Crippen LogP contribution is 2.44. The van der Waals surface area contributed by atoms with E-state index in [-0.39, 0.29) is 0 Å². The minimum Gasteiger partial charge on any atom is -0.344 e. The molecule has 26 aromatic rings. The van der Waals surface area contributed by atoms with Gasteiger partial charge in [-0.05, 0) is 226 Å². The first kappa shape index (κ1) is 75.3. The molecule has 0 amide bonds. The first-order valence-electron chi connectivity index (χ1n) is 42.7. The lowest BCUT2D eigenvalue weighted by Crippen LogP contribution is -1.94. The maximum atomic E-state index is 7.43. The minimum absolute atomic E-state index is 0.670. The Morgan fingerprint density at radius 2 is 0.375 bits per heavy atom. The zero-order valence-corrected chi connectivity index (χ0v) is 70.3. The van der Waals surface area contributed by atoms with Gasteiger partial charge in [-0.1, -0.05) is 206 Å². The molecule has 0 spiro atoms. The summed E-state index contributed by atoms with van der Waals surface area (Å²) in [5, 5.41) is 19.3. The van der Waals surface area contributed by atoms with Crippen molar-refractivity contribution in [3.05, 3.63) is 434 Å². The zero-order valence-electron chi connectivity index (χ0n) is 70.3. The van der Waals surface area contributed by atoms with Crippen LogP contribution in [0.15, 0.2) is 388 Å². The van der Waals surface area contributed by atoms with Gasteiger partial charge >= 0.3 is 0 Å². The van der Waals surface area contributed by atoms with Crippen LogP contribution in [0.25, 0.3) is 239 Å². The van der Waals surface area contributed by atoms with Gasteiger partial charge in [0.15, 0.2) is 22.7 Å². The Morgan fingerprint density at radius 3 is 0.742 bits per heavy atom. The van der Waals surface area contributed by atoms with Gasteiger partial charge in [0.05, 0.1) is 75.9 Å². The number of aromatic nitrogens is 8. The molecule has 0 aliphatic heterocycles. The Hall–Kier alpha value is -17.7. The first-order valence-corrected chi connectivity index (χ1v) is 42.7. The molecule has 26 rings (SSSR count). The Labute approximate surface area is 736 Å². The van der Waals surface area contributed by atoms with E-state index in [1.165, 1.54) is 159 Å². The second kappa shape index (κ2) is 30.1. The predicted molar refractivity (Wildman–Crippen MR) is 535 cm³/mol. The number of nitrogens with zero attached hydrogens (tertiary/aromatic N) is 12. The molecule has 0 saturated carbocycles. The van der Waals surface area contributed by atoms with Crippen LogP contribution in [0, 0.1) is 26.3 Å². The molecule has 18 aromatic carbocycles. The molecule has 8 heterocycles. The van der Waals surface area contributed by atoms with Crippen LogP contribution in [0.3, 0.4) is 0 Å². The fourth-order valence-electron chi connectivity index (χ4n) is 20.1. The monoisotopic (exact) mass is 1640 g/mol. The van der Waals surface area contributed by atoms with Crippen LogP contribution in [-0.4, -0.2) is 36.5 Å². The van der Waals surface area contributed by atoms with Crippen molar-refractivity contribution in [3.8, 4) is 45.0 Å². The standard InChI is InChI=1S/2C32H21N3.2C26H17N3/c1-33-23-15-17-30-28(20-23)27-19-22(14-16-29(27)34(30)2)21-8-7-9-24(18-21)35-31-12-5-3-10-25(31)26-11-4-6-13-32(26)35;1-33-23-14-17-30-28(20-23)27-19-21(12-15-29(27)34(30)2)22-13-16-32-26(18-22)25-10-6-7-11-31(25)35(32)24-8-4-3-5-9-24;1-27-17-11-14-23-22(15-17)21-13-12-18(16-26(21)28(23)2)29-24-9-5-3-7-19(24)20-8-4-6-10-25(20)29;1-27-17-11-13-23-21(15-17)22-16-18(12-14-24(22)28(23)2)29-25-9-5-3-7-19(25)20-8-4-6-10-26(20)29/h2*3-20H,2H3;2*3-16H,2H3. The van der Waals surface area contributed by atoms with Crippen molar-refractivity contribution in [1.82, 2.24) is 36.5 Å². The normalized spacial score (nSPS) is 11.6. The number of hydrogen-bond acceptors (Lipinski definition) is 0. The second-order valence-electron chi connectivity index (χ2n) is 32.9. The predicted octanol–water partition coefficient (Wildman–Crippen LogP) is 31.3. The molecule has 600 valence electrons. The molecule has 128 heavy (non-hydrogen) atoms. The summed E-state index contributed by atoms with van der Waals surface area (Å²) in [6.07, 6.45) is 0. The van der Waals surface area contributed by atoms with Crippen LogP contribution in [-0.2, 0) is 28.2 Å².